The van der Waals surface area contributed by atoms with Crippen molar-refractivity contribution in [2.45, 2.75) is 93.6 Å². The van der Waals surface area contributed by atoms with Crippen LogP contribution in [0.5, 0.6) is 0 Å². The molecule has 4 heteroatoms. The van der Waals surface area contributed by atoms with Crippen molar-refractivity contribution in [3.8, 4) is 0 Å². The third-order valence-corrected chi connectivity index (χ3v) is 16.2. The summed E-state index contributed by atoms with van der Waals surface area (Å²) < 4.78 is 0. The molecule has 1 saturated heterocycles. The monoisotopic (exact) mass is 569 g/mol. The maximum atomic E-state index is 14.2. The van der Waals surface area contributed by atoms with Crippen LogP contribution < -0.4 is 10.6 Å². The predicted molar refractivity (Wildman–Crippen MR) is 174 cm³/mol. The molecule has 3 fully saturated rings. The Hall–Kier alpha value is -2.01. The molecule has 3 aromatic rings. The van der Waals surface area contributed by atoms with Gasteiger partial charge in [0.1, 0.15) is 0 Å². The van der Waals surface area contributed by atoms with Crippen molar-refractivity contribution >= 4 is 32.4 Å². The number of benzene rings is 3. The maximum Gasteiger partial charge on any atom is 0.254 e. The van der Waals surface area contributed by atoms with Gasteiger partial charge in [-0.25, -0.2) is 0 Å². The Kier molecular flexibility index (Phi) is 9.68. The fourth-order valence-corrected chi connectivity index (χ4v) is 14.8. The zero-order valence-corrected chi connectivity index (χ0v) is 25.7. The third kappa shape index (κ3) is 6.55. The average molecular weight is 570 g/mol. The van der Waals surface area contributed by atoms with Gasteiger partial charge in [0.05, 0.1) is 0 Å². The molecule has 1 aliphatic heterocycles. The van der Waals surface area contributed by atoms with Crippen molar-refractivity contribution in [2.75, 3.05) is 12.7 Å². The van der Waals surface area contributed by atoms with E-state index in [-0.39, 0.29) is 13.8 Å². The number of nitrogens with zero attached hydrogens (tertiary/aromatic N) is 1. The van der Waals surface area contributed by atoms with Gasteiger partial charge in [-0.2, -0.15) is 0 Å². The summed E-state index contributed by atoms with van der Waals surface area (Å²) >= 11 is 0. The SMILES string of the molecule is O=C(c1ccccc1)N1C[C@H](P(C2CCCCC2)C2CCCCC2)C[C@@H]1CP(c1ccccc1)c1ccccc1. The highest BCUT2D eigenvalue weighted by Crippen LogP contribution is 2.61. The standard InChI is InChI=1S/C36H45NOP2/c38-36(29-16-6-1-7-17-29)37-27-35(40(33-22-12-4-13-23-33)34-24-14-5-15-25-34)26-30(37)28-39(31-18-8-2-9-19-31)32-20-10-3-11-21-32/h1-3,6-11,16-21,30,33-35H,4-5,12-15,22-28H2/t30-,35-/m1/s1. The highest BCUT2D eigenvalue weighted by molar-refractivity contribution is 7.73. The van der Waals surface area contributed by atoms with Crippen molar-refractivity contribution in [3.05, 3.63) is 96.6 Å². The molecule has 2 nitrogen and oxygen atoms in total. The first-order chi connectivity index (χ1) is 19.8. The molecule has 2 aliphatic carbocycles. The number of hydrogen-bond acceptors (Lipinski definition) is 1. The first-order valence-corrected chi connectivity index (χ1v) is 18.9. The average Bonchev–Trinajstić information content (AvgIpc) is 3.45. The largest absolute Gasteiger partial charge is 0.335 e. The minimum absolute atomic E-state index is 0.0652. The van der Waals surface area contributed by atoms with Crippen LogP contribution in [0.15, 0.2) is 91.0 Å². The van der Waals surface area contributed by atoms with Gasteiger partial charge in [-0.05, 0) is 85.9 Å². The minimum Gasteiger partial charge on any atom is -0.335 e. The van der Waals surface area contributed by atoms with Crippen LogP contribution >= 0.6 is 15.8 Å². The molecular formula is C36H45NOP2. The molecule has 2 atom stereocenters. The van der Waals surface area contributed by atoms with E-state index in [2.05, 4.69) is 65.6 Å². The van der Waals surface area contributed by atoms with Gasteiger partial charge in [-0.3, -0.25) is 4.79 Å². The van der Waals surface area contributed by atoms with E-state index in [4.69, 9.17) is 0 Å². The van der Waals surface area contributed by atoms with E-state index in [1.807, 2.05) is 30.3 Å². The molecule has 0 N–H and O–H groups in total. The van der Waals surface area contributed by atoms with Gasteiger partial charge < -0.3 is 4.90 Å². The summed E-state index contributed by atoms with van der Waals surface area (Å²) in [5.74, 6) is 0.256. The van der Waals surface area contributed by atoms with Crippen LogP contribution in [-0.4, -0.2) is 46.5 Å². The number of likely N-dealkylation sites (tertiary alicyclic amines) is 1. The fourth-order valence-electron chi connectivity index (χ4n) is 7.72. The molecule has 3 aromatic carbocycles. The van der Waals surface area contributed by atoms with E-state index < -0.39 is 7.92 Å². The second kappa shape index (κ2) is 13.8. The van der Waals surface area contributed by atoms with Crippen molar-refractivity contribution in [1.82, 2.24) is 4.90 Å². The Bertz CT molecular complexity index is 1130. The summed E-state index contributed by atoms with van der Waals surface area (Å²) in [4.78, 5) is 16.5. The smallest absolute Gasteiger partial charge is 0.254 e. The zero-order chi connectivity index (χ0) is 27.1. The normalized spacial score (nSPS) is 22.7. The summed E-state index contributed by atoms with van der Waals surface area (Å²) in [5.41, 5.74) is 3.40. The van der Waals surface area contributed by atoms with Crippen molar-refractivity contribution in [2.24, 2.45) is 0 Å². The quantitative estimate of drug-likeness (QED) is 0.249. The van der Waals surface area contributed by atoms with Gasteiger partial charge in [0.2, 0.25) is 0 Å². The lowest BCUT2D eigenvalue weighted by atomic mass is 9.99. The summed E-state index contributed by atoms with van der Waals surface area (Å²) in [6.07, 6.45) is 16.6. The topological polar surface area (TPSA) is 20.3 Å². The highest BCUT2D eigenvalue weighted by atomic mass is 31.1. The lowest BCUT2D eigenvalue weighted by molar-refractivity contribution is 0.0749. The molecule has 1 heterocycles. The van der Waals surface area contributed by atoms with Crippen LogP contribution in [0, 0.1) is 0 Å². The lowest BCUT2D eigenvalue weighted by Gasteiger charge is -2.42. The van der Waals surface area contributed by atoms with Gasteiger partial charge in [-0.15, -0.1) is 0 Å². The Balaban J connectivity index is 1.33. The minimum atomic E-state index is -0.536. The van der Waals surface area contributed by atoms with E-state index in [1.165, 1.54) is 81.2 Å². The second-order valence-corrected chi connectivity index (χ2v) is 17.5. The number of carbonyl (C=O) groups excluding carboxylic acids is 1. The Labute approximate surface area is 244 Å². The summed E-state index contributed by atoms with van der Waals surface area (Å²) in [6, 6.07) is 32.6. The fraction of sp³-hybridized carbons (Fsp3) is 0.472. The molecule has 6 rings (SSSR count). The van der Waals surface area contributed by atoms with Crippen LogP contribution in [-0.2, 0) is 0 Å². The zero-order valence-electron chi connectivity index (χ0n) is 23.9. The number of hydrogen-bond donors (Lipinski definition) is 0. The van der Waals surface area contributed by atoms with E-state index in [9.17, 15) is 4.79 Å². The molecular weight excluding hydrogens is 524 g/mol. The van der Waals surface area contributed by atoms with Crippen LogP contribution in [0.25, 0.3) is 0 Å². The van der Waals surface area contributed by atoms with E-state index in [0.29, 0.717) is 11.7 Å². The molecule has 1 amide bonds. The van der Waals surface area contributed by atoms with Crippen LogP contribution in [0.3, 0.4) is 0 Å². The molecule has 210 valence electrons. The second-order valence-electron chi connectivity index (χ2n) is 12.2. The Morgan fingerprint density at radius 2 is 1.10 bits per heavy atom. The van der Waals surface area contributed by atoms with Gasteiger partial charge >= 0.3 is 0 Å². The van der Waals surface area contributed by atoms with E-state index >= 15 is 0 Å². The molecule has 0 bridgehead atoms. The number of rotatable bonds is 8. The van der Waals surface area contributed by atoms with Crippen molar-refractivity contribution < 1.29 is 4.79 Å². The highest BCUT2D eigenvalue weighted by Gasteiger charge is 2.44. The van der Waals surface area contributed by atoms with Gasteiger partial charge in [0.25, 0.3) is 5.91 Å². The predicted octanol–water partition coefficient (Wildman–Crippen LogP) is 8.55. The molecule has 0 spiro atoms. The van der Waals surface area contributed by atoms with Gasteiger partial charge in [0.15, 0.2) is 0 Å². The molecule has 0 unspecified atom stereocenters. The molecule has 2 saturated carbocycles. The van der Waals surface area contributed by atoms with Crippen molar-refractivity contribution in [1.29, 1.82) is 0 Å². The number of carbonyl (C=O) groups is 1. The molecule has 0 radical (unpaired) electrons. The number of amides is 1. The van der Waals surface area contributed by atoms with E-state index in [1.54, 1.807) is 0 Å². The van der Waals surface area contributed by atoms with Crippen LogP contribution in [0.1, 0.15) is 81.0 Å². The maximum absolute atomic E-state index is 14.2. The molecule has 40 heavy (non-hydrogen) atoms. The lowest BCUT2D eigenvalue weighted by Crippen LogP contribution is -2.39. The van der Waals surface area contributed by atoms with Crippen LogP contribution in [0.2, 0.25) is 0 Å². The van der Waals surface area contributed by atoms with Gasteiger partial charge in [-0.1, -0.05) is 125 Å². The first-order valence-electron chi connectivity index (χ1n) is 15.8. The summed E-state index contributed by atoms with van der Waals surface area (Å²) in [5, 5.41) is 2.86. The Morgan fingerprint density at radius 1 is 0.625 bits per heavy atom. The van der Waals surface area contributed by atoms with Crippen molar-refractivity contribution in [3.63, 3.8) is 0 Å². The first kappa shape index (κ1) is 28.1. The summed E-state index contributed by atoms with van der Waals surface area (Å²) in [7, 11) is -0.601. The summed E-state index contributed by atoms with van der Waals surface area (Å²) in [6.45, 7) is 0.976. The van der Waals surface area contributed by atoms with E-state index in [0.717, 1.165) is 29.6 Å². The molecule has 3 aliphatic rings. The third-order valence-electron chi connectivity index (χ3n) is 9.62. The molecule has 0 aromatic heterocycles. The van der Waals surface area contributed by atoms with Gasteiger partial charge in [0, 0.05) is 18.2 Å². The Morgan fingerprint density at radius 3 is 1.60 bits per heavy atom. The van der Waals surface area contributed by atoms with Crippen LogP contribution in [0.4, 0.5) is 0 Å².